The molecule has 1 unspecified atom stereocenters. The molecule has 1 aromatic rings. The number of ether oxygens (including phenoxy) is 1. The zero-order valence-corrected chi connectivity index (χ0v) is 12.1. The van der Waals surface area contributed by atoms with Crippen molar-refractivity contribution in [3.63, 3.8) is 0 Å². The number of carbonyl (C=O) groups excluding carboxylic acids is 1. The van der Waals surface area contributed by atoms with Crippen LogP contribution in [-0.4, -0.2) is 37.2 Å². The summed E-state index contributed by atoms with van der Waals surface area (Å²) in [4.78, 5) is 24.5. The van der Waals surface area contributed by atoms with Crippen molar-refractivity contribution in [1.29, 1.82) is 0 Å². The molecule has 0 bridgehead atoms. The van der Waals surface area contributed by atoms with Crippen molar-refractivity contribution >= 4 is 17.6 Å². The molecule has 1 amide bonds. The number of methoxy groups -OCH3 is 1. The average molecular weight is 279 g/mol. The Bertz CT molecular complexity index is 455. The smallest absolute Gasteiger partial charge is 0.323 e. The molecule has 0 saturated carbocycles. The maximum Gasteiger partial charge on any atom is 0.323 e. The molecule has 0 aromatic heterocycles. The highest BCUT2D eigenvalue weighted by Gasteiger charge is 2.20. The molecule has 0 aliphatic heterocycles. The van der Waals surface area contributed by atoms with Gasteiger partial charge in [-0.3, -0.25) is 9.59 Å². The van der Waals surface area contributed by atoms with Crippen LogP contribution in [0.5, 0.6) is 0 Å². The number of aryl methyl sites for hydroxylation is 1. The molecule has 0 heterocycles. The molecule has 110 valence electrons. The van der Waals surface area contributed by atoms with Crippen LogP contribution in [0.1, 0.15) is 18.9 Å². The van der Waals surface area contributed by atoms with Crippen LogP contribution >= 0.6 is 0 Å². The molecule has 1 aromatic carbocycles. The van der Waals surface area contributed by atoms with Crippen LogP contribution in [0.2, 0.25) is 0 Å². The quantitative estimate of drug-likeness (QED) is 0.830. The van der Waals surface area contributed by atoms with E-state index in [2.05, 4.69) is 0 Å². The molecular formula is C15H21NO4. The predicted molar refractivity (Wildman–Crippen MR) is 76.8 cm³/mol. The van der Waals surface area contributed by atoms with Gasteiger partial charge in [0.05, 0.1) is 0 Å². The third-order valence-electron chi connectivity index (χ3n) is 2.91. The van der Waals surface area contributed by atoms with Crippen LogP contribution in [0.25, 0.3) is 0 Å². The van der Waals surface area contributed by atoms with Gasteiger partial charge in [-0.05, 0) is 25.0 Å². The van der Waals surface area contributed by atoms with Gasteiger partial charge in [0.2, 0.25) is 5.91 Å². The number of hydrogen-bond donors (Lipinski definition) is 1. The van der Waals surface area contributed by atoms with Gasteiger partial charge in [-0.25, -0.2) is 0 Å². The Balaban J connectivity index is 2.85. The lowest BCUT2D eigenvalue weighted by molar-refractivity contribution is -0.136. The molecule has 1 atom stereocenters. The summed E-state index contributed by atoms with van der Waals surface area (Å²) in [6.07, 6.45) is 0.259. The van der Waals surface area contributed by atoms with Crippen LogP contribution in [0.4, 0.5) is 5.69 Å². The third kappa shape index (κ3) is 5.01. The first-order chi connectivity index (χ1) is 9.43. The lowest BCUT2D eigenvalue weighted by Gasteiger charge is -2.22. The number of benzene rings is 1. The summed E-state index contributed by atoms with van der Waals surface area (Å²) in [6, 6.07) is 7.24. The van der Waals surface area contributed by atoms with Crippen molar-refractivity contribution in [3.8, 4) is 0 Å². The summed E-state index contributed by atoms with van der Waals surface area (Å²) < 4.78 is 5.00. The van der Waals surface area contributed by atoms with E-state index in [1.54, 1.807) is 19.2 Å². The van der Waals surface area contributed by atoms with Gasteiger partial charge < -0.3 is 14.7 Å². The number of carboxylic acid groups (broad SMARTS) is 1. The molecule has 0 fully saturated rings. The highest BCUT2D eigenvalue weighted by atomic mass is 16.5. The van der Waals surface area contributed by atoms with Crippen LogP contribution in [-0.2, 0) is 14.3 Å². The summed E-state index contributed by atoms with van der Waals surface area (Å²) in [7, 11) is 1.58. The topological polar surface area (TPSA) is 66.8 Å². The van der Waals surface area contributed by atoms with Gasteiger partial charge in [-0.2, -0.15) is 0 Å². The summed E-state index contributed by atoms with van der Waals surface area (Å²) in [5, 5.41) is 8.97. The first kappa shape index (κ1) is 16.2. The molecule has 0 aliphatic carbocycles. The third-order valence-corrected chi connectivity index (χ3v) is 2.91. The maximum atomic E-state index is 12.3. The summed E-state index contributed by atoms with van der Waals surface area (Å²) in [5.41, 5.74) is 1.66. The minimum atomic E-state index is -1.03. The Kier molecular flexibility index (Phi) is 6.18. The van der Waals surface area contributed by atoms with Crippen LogP contribution in [0.15, 0.2) is 24.3 Å². The van der Waals surface area contributed by atoms with Crippen LogP contribution in [0.3, 0.4) is 0 Å². The molecular weight excluding hydrogens is 258 g/mol. The van der Waals surface area contributed by atoms with E-state index >= 15 is 0 Å². The number of rotatable bonds is 7. The fourth-order valence-electron chi connectivity index (χ4n) is 1.94. The number of amides is 1. The zero-order valence-electron chi connectivity index (χ0n) is 12.1. The zero-order chi connectivity index (χ0) is 15.1. The van der Waals surface area contributed by atoms with E-state index in [0.717, 1.165) is 5.56 Å². The number of carboxylic acids is 1. The number of carbonyl (C=O) groups is 2. The van der Waals surface area contributed by atoms with Gasteiger partial charge >= 0.3 is 5.97 Å². The van der Waals surface area contributed by atoms with E-state index in [1.165, 1.54) is 4.90 Å². The SMILES string of the molecule is COCC(C)CC(=O)N(CC(=O)O)c1ccc(C)cc1. The number of aliphatic carboxylic acids is 1. The monoisotopic (exact) mass is 279 g/mol. The van der Waals surface area contributed by atoms with Crippen LogP contribution < -0.4 is 4.90 Å². The molecule has 0 aliphatic rings. The standard InChI is InChI=1S/C15H21NO4/c1-11-4-6-13(7-5-11)16(9-15(18)19)14(17)8-12(2)10-20-3/h4-7,12H,8-10H2,1-3H3,(H,18,19). The van der Waals surface area contributed by atoms with E-state index < -0.39 is 5.97 Å². The number of anilines is 1. The van der Waals surface area contributed by atoms with Gasteiger partial charge in [0.25, 0.3) is 0 Å². The van der Waals surface area contributed by atoms with Gasteiger partial charge in [0.15, 0.2) is 0 Å². The van der Waals surface area contributed by atoms with Crippen LogP contribution in [0, 0.1) is 12.8 Å². The fraction of sp³-hybridized carbons (Fsp3) is 0.467. The Morgan fingerprint density at radius 2 is 1.90 bits per heavy atom. The molecule has 5 nitrogen and oxygen atoms in total. The molecule has 20 heavy (non-hydrogen) atoms. The first-order valence-electron chi connectivity index (χ1n) is 6.51. The van der Waals surface area contributed by atoms with E-state index in [0.29, 0.717) is 12.3 Å². The van der Waals surface area contributed by atoms with Gasteiger partial charge in [-0.1, -0.05) is 24.6 Å². The van der Waals surface area contributed by atoms with Gasteiger partial charge in [0.1, 0.15) is 6.54 Å². The molecule has 0 radical (unpaired) electrons. The van der Waals surface area contributed by atoms with Gasteiger partial charge in [-0.15, -0.1) is 0 Å². The molecule has 1 N–H and O–H groups in total. The molecule has 0 spiro atoms. The van der Waals surface area contributed by atoms with Crippen molar-refractivity contribution in [1.82, 2.24) is 0 Å². The molecule has 5 heteroatoms. The Hall–Kier alpha value is -1.88. The summed E-state index contributed by atoms with van der Waals surface area (Å²) in [5.74, 6) is -1.19. The normalized spacial score (nSPS) is 11.9. The highest BCUT2D eigenvalue weighted by molar-refractivity contribution is 5.97. The lowest BCUT2D eigenvalue weighted by Crippen LogP contribution is -2.36. The summed E-state index contributed by atoms with van der Waals surface area (Å²) >= 11 is 0. The maximum absolute atomic E-state index is 12.3. The van der Waals surface area contributed by atoms with Crippen molar-refractivity contribution in [2.24, 2.45) is 5.92 Å². The second-order valence-corrected chi connectivity index (χ2v) is 4.97. The molecule has 0 saturated heterocycles. The van der Waals surface area contributed by atoms with Crippen molar-refractivity contribution in [2.45, 2.75) is 20.3 Å². The Labute approximate surface area is 119 Å². The first-order valence-corrected chi connectivity index (χ1v) is 6.51. The lowest BCUT2D eigenvalue weighted by atomic mass is 10.1. The van der Waals surface area contributed by atoms with Gasteiger partial charge in [0, 0.05) is 25.8 Å². The van der Waals surface area contributed by atoms with E-state index in [1.807, 2.05) is 26.0 Å². The van der Waals surface area contributed by atoms with E-state index in [-0.39, 0.29) is 24.8 Å². The second-order valence-electron chi connectivity index (χ2n) is 4.97. The minimum absolute atomic E-state index is 0.0502. The van der Waals surface area contributed by atoms with Crippen molar-refractivity contribution in [3.05, 3.63) is 29.8 Å². The van der Waals surface area contributed by atoms with E-state index in [9.17, 15) is 9.59 Å². The predicted octanol–water partition coefficient (Wildman–Crippen LogP) is 2.09. The highest BCUT2D eigenvalue weighted by Crippen LogP contribution is 2.17. The average Bonchev–Trinajstić information content (AvgIpc) is 2.37. The Morgan fingerprint density at radius 1 is 1.30 bits per heavy atom. The number of nitrogens with zero attached hydrogens (tertiary/aromatic N) is 1. The van der Waals surface area contributed by atoms with E-state index in [4.69, 9.17) is 9.84 Å². The Morgan fingerprint density at radius 3 is 2.40 bits per heavy atom. The van der Waals surface area contributed by atoms with Crippen molar-refractivity contribution < 1.29 is 19.4 Å². The largest absolute Gasteiger partial charge is 0.480 e. The second kappa shape index (κ2) is 7.65. The summed E-state index contributed by atoms with van der Waals surface area (Å²) in [6.45, 7) is 3.98. The molecule has 1 rings (SSSR count). The minimum Gasteiger partial charge on any atom is -0.480 e. The van der Waals surface area contributed by atoms with Crippen molar-refractivity contribution in [2.75, 3.05) is 25.2 Å². The fourth-order valence-corrected chi connectivity index (χ4v) is 1.94. The number of hydrogen-bond acceptors (Lipinski definition) is 3.